The molecule has 5 rings (SSSR count). The van der Waals surface area contributed by atoms with Gasteiger partial charge in [-0.25, -0.2) is 0 Å². The number of hydrogen-bond donors (Lipinski definition) is 1. The first-order chi connectivity index (χ1) is 15.2. The maximum Gasteiger partial charge on any atom is 0.269 e. The van der Waals surface area contributed by atoms with Crippen LogP contribution in [0.1, 0.15) is 73.2 Å². The second kappa shape index (κ2) is 8.46. The summed E-state index contributed by atoms with van der Waals surface area (Å²) in [7, 11) is 0. The Labute approximate surface area is 181 Å². The lowest BCUT2D eigenvalue weighted by atomic mass is 9.83. The highest BCUT2D eigenvalue weighted by atomic mass is 16.6. The smallest absolute Gasteiger partial charge is 0.269 e. The normalized spacial score (nSPS) is 18.6. The van der Waals surface area contributed by atoms with Crippen molar-refractivity contribution in [1.82, 2.24) is 4.98 Å². The monoisotopic (exact) mass is 414 g/mol. The van der Waals surface area contributed by atoms with Crippen molar-refractivity contribution in [1.29, 1.82) is 0 Å². The molecule has 1 fully saturated rings. The number of fused-ring (bicyclic) bond motifs is 3. The fraction of sp³-hybridized carbons (Fsp3) is 0.360. The van der Waals surface area contributed by atoms with E-state index in [9.17, 15) is 10.1 Å². The summed E-state index contributed by atoms with van der Waals surface area (Å²) < 4.78 is 0. The Morgan fingerprint density at radius 1 is 1.00 bits per heavy atom. The maximum absolute atomic E-state index is 10.8. The van der Waals surface area contributed by atoms with Gasteiger partial charge >= 0.3 is 0 Å². The van der Waals surface area contributed by atoms with Gasteiger partial charge in [-0.3, -0.25) is 10.1 Å². The van der Waals surface area contributed by atoms with Crippen molar-refractivity contribution in [3.8, 4) is 0 Å². The van der Waals surface area contributed by atoms with Crippen molar-refractivity contribution in [2.24, 2.45) is 10.2 Å². The van der Waals surface area contributed by atoms with E-state index in [2.05, 4.69) is 33.4 Å². The SMILES string of the molecule is O=[N+]([O-])c1ccc(/C=N\N=C2/CCCc3c2[nH]c2ccc(C4CCCCC4)cc32)cc1. The predicted octanol–water partition coefficient (Wildman–Crippen LogP) is 6.28. The van der Waals surface area contributed by atoms with Gasteiger partial charge in [0.1, 0.15) is 0 Å². The Balaban J connectivity index is 1.41. The molecule has 31 heavy (non-hydrogen) atoms. The quantitative estimate of drug-likeness (QED) is 0.309. The zero-order chi connectivity index (χ0) is 21.2. The largest absolute Gasteiger partial charge is 0.353 e. The molecule has 0 saturated heterocycles. The molecule has 1 aromatic heterocycles. The lowest BCUT2D eigenvalue weighted by Gasteiger charge is -2.22. The lowest BCUT2D eigenvalue weighted by Crippen LogP contribution is -2.11. The molecule has 158 valence electrons. The van der Waals surface area contributed by atoms with Crippen molar-refractivity contribution in [3.63, 3.8) is 0 Å². The molecule has 2 aromatic carbocycles. The Bertz CT molecular complexity index is 1170. The molecule has 6 heteroatoms. The fourth-order valence-electron chi connectivity index (χ4n) is 4.97. The highest BCUT2D eigenvalue weighted by molar-refractivity contribution is 6.06. The van der Waals surface area contributed by atoms with Crippen LogP contribution in [-0.2, 0) is 6.42 Å². The summed E-state index contributed by atoms with van der Waals surface area (Å²) in [5.74, 6) is 0.701. The van der Waals surface area contributed by atoms with E-state index in [1.807, 2.05) is 0 Å². The standard InChI is InChI=1S/C25H26N4O2/c30-29(31)20-12-9-17(10-13-20)16-26-28-24-8-4-7-21-22-15-19(18-5-2-1-3-6-18)11-14-23(22)27-25(21)24/h9-16,18,27H,1-8H2/b26-16-,28-24+. The van der Waals surface area contributed by atoms with E-state index in [0.717, 1.165) is 36.2 Å². The molecule has 0 spiro atoms. The molecule has 0 unspecified atom stereocenters. The van der Waals surface area contributed by atoms with Crippen molar-refractivity contribution >= 4 is 28.5 Å². The number of hydrogen-bond acceptors (Lipinski definition) is 4. The molecule has 0 bridgehead atoms. The minimum absolute atomic E-state index is 0.0751. The molecule has 0 radical (unpaired) electrons. The second-order valence-electron chi connectivity index (χ2n) is 8.61. The molecule has 1 heterocycles. The zero-order valence-electron chi connectivity index (χ0n) is 17.5. The minimum Gasteiger partial charge on any atom is -0.353 e. The molecule has 6 nitrogen and oxygen atoms in total. The van der Waals surface area contributed by atoms with Crippen LogP contribution in [0.5, 0.6) is 0 Å². The van der Waals surface area contributed by atoms with Gasteiger partial charge in [0.15, 0.2) is 0 Å². The molecule has 2 aliphatic rings. The van der Waals surface area contributed by atoms with E-state index >= 15 is 0 Å². The van der Waals surface area contributed by atoms with Crippen LogP contribution in [0.15, 0.2) is 52.7 Å². The van der Waals surface area contributed by atoms with Crippen LogP contribution in [0.4, 0.5) is 5.69 Å². The van der Waals surface area contributed by atoms with Crippen LogP contribution in [0.25, 0.3) is 10.9 Å². The van der Waals surface area contributed by atoms with Gasteiger partial charge in [-0.05, 0) is 79.0 Å². The molecule has 0 aliphatic heterocycles. The van der Waals surface area contributed by atoms with E-state index < -0.39 is 4.92 Å². The number of aromatic amines is 1. The van der Waals surface area contributed by atoms with Crippen LogP contribution in [-0.4, -0.2) is 21.8 Å². The van der Waals surface area contributed by atoms with Crippen LogP contribution in [0.3, 0.4) is 0 Å². The number of non-ortho nitro benzene ring substituents is 1. The first kappa shape index (κ1) is 19.7. The highest BCUT2D eigenvalue weighted by Crippen LogP contribution is 2.36. The summed E-state index contributed by atoms with van der Waals surface area (Å²) in [4.78, 5) is 14.0. The van der Waals surface area contributed by atoms with Gasteiger partial charge < -0.3 is 4.98 Å². The van der Waals surface area contributed by atoms with E-state index in [4.69, 9.17) is 0 Å². The number of nitro benzene ring substituents is 1. The Hall–Kier alpha value is -3.28. The molecule has 3 aromatic rings. The summed E-state index contributed by atoms with van der Waals surface area (Å²) in [6.07, 6.45) is 11.4. The third kappa shape index (κ3) is 4.02. The van der Waals surface area contributed by atoms with Crippen molar-refractivity contribution in [2.45, 2.75) is 57.3 Å². The third-order valence-corrected chi connectivity index (χ3v) is 6.62. The summed E-state index contributed by atoms with van der Waals surface area (Å²) in [6, 6.07) is 13.3. The van der Waals surface area contributed by atoms with Gasteiger partial charge in [0.05, 0.1) is 22.5 Å². The Morgan fingerprint density at radius 2 is 1.81 bits per heavy atom. The second-order valence-corrected chi connectivity index (χ2v) is 8.61. The zero-order valence-corrected chi connectivity index (χ0v) is 17.5. The number of rotatable bonds is 4. The van der Waals surface area contributed by atoms with Gasteiger partial charge in [-0.1, -0.05) is 25.3 Å². The predicted molar refractivity (Wildman–Crippen MR) is 124 cm³/mol. The summed E-state index contributed by atoms with van der Waals surface area (Å²) in [6.45, 7) is 0. The van der Waals surface area contributed by atoms with Crippen LogP contribution >= 0.6 is 0 Å². The van der Waals surface area contributed by atoms with Crippen molar-refractivity contribution < 1.29 is 4.92 Å². The summed E-state index contributed by atoms with van der Waals surface area (Å²) in [5, 5.41) is 20.9. The average Bonchev–Trinajstić information content (AvgIpc) is 3.19. The van der Waals surface area contributed by atoms with Crippen LogP contribution < -0.4 is 0 Å². The van der Waals surface area contributed by atoms with Gasteiger partial charge in [0.2, 0.25) is 0 Å². The van der Waals surface area contributed by atoms with Gasteiger partial charge in [-0.15, -0.1) is 0 Å². The van der Waals surface area contributed by atoms with Gasteiger partial charge in [0, 0.05) is 23.0 Å². The minimum atomic E-state index is -0.402. The van der Waals surface area contributed by atoms with E-state index in [1.54, 1.807) is 18.3 Å². The number of nitrogens with one attached hydrogen (secondary N) is 1. The number of aryl methyl sites for hydroxylation is 1. The van der Waals surface area contributed by atoms with Gasteiger partial charge in [0.25, 0.3) is 5.69 Å². The molecular formula is C25H26N4O2. The van der Waals surface area contributed by atoms with Crippen LogP contribution in [0, 0.1) is 10.1 Å². The fourth-order valence-corrected chi connectivity index (χ4v) is 4.97. The van der Waals surface area contributed by atoms with Gasteiger partial charge in [-0.2, -0.15) is 10.2 Å². The Kier molecular flexibility index (Phi) is 5.37. The number of H-pyrrole nitrogens is 1. The van der Waals surface area contributed by atoms with Crippen LogP contribution in [0.2, 0.25) is 0 Å². The number of aromatic nitrogens is 1. The van der Waals surface area contributed by atoms with E-state index in [0.29, 0.717) is 5.92 Å². The van der Waals surface area contributed by atoms with Crippen molar-refractivity contribution in [3.05, 3.63) is 75.0 Å². The number of nitrogens with zero attached hydrogens (tertiary/aromatic N) is 3. The van der Waals surface area contributed by atoms with E-state index in [-0.39, 0.29) is 5.69 Å². The third-order valence-electron chi connectivity index (χ3n) is 6.62. The summed E-state index contributed by atoms with van der Waals surface area (Å²) >= 11 is 0. The topological polar surface area (TPSA) is 83.7 Å². The molecule has 0 amide bonds. The lowest BCUT2D eigenvalue weighted by molar-refractivity contribution is -0.384. The first-order valence-electron chi connectivity index (χ1n) is 11.2. The van der Waals surface area contributed by atoms with Crippen molar-refractivity contribution in [2.75, 3.05) is 0 Å². The Morgan fingerprint density at radius 3 is 2.58 bits per heavy atom. The maximum atomic E-state index is 10.8. The van der Waals surface area contributed by atoms with E-state index in [1.165, 1.54) is 66.3 Å². The number of nitro groups is 1. The molecule has 1 saturated carbocycles. The molecular weight excluding hydrogens is 388 g/mol. The molecule has 0 atom stereocenters. The summed E-state index contributed by atoms with van der Waals surface area (Å²) in [5.41, 5.74) is 6.99. The molecule has 2 aliphatic carbocycles. The average molecular weight is 415 g/mol. The highest BCUT2D eigenvalue weighted by Gasteiger charge is 2.22. The molecule has 1 N–H and O–H groups in total. The first-order valence-corrected chi connectivity index (χ1v) is 11.2. The number of benzene rings is 2.